The molecule has 4 aliphatic rings. The summed E-state index contributed by atoms with van der Waals surface area (Å²) in [5.74, 6) is 3.04. The Kier molecular flexibility index (Phi) is 3.54. The summed E-state index contributed by atoms with van der Waals surface area (Å²) in [7, 11) is 0. The fourth-order valence-electron chi connectivity index (χ4n) is 8.06. The fourth-order valence-corrected chi connectivity index (χ4v) is 8.06. The molecule has 2 N–H and O–H groups in total. The second-order valence-electron chi connectivity index (χ2n) is 10.5. The van der Waals surface area contributed by atoms with Gasteiger partial charge in [-0.1, -0.05) is 27.7 Å². The van der Waals surface area contributed by atoms with Crippen LogP contribution in [0.2, 0.25) is 0 Å². The van der Waals surface area contributed by atoms with Crippen molar-refractivity contribution in [2.45, 2.75) is 91.3 Å². The van der Waals surface area contributed by atoms with E-state index in [1.807, 2.05) is 0 Å². The summed E-state index contributed by atoms with van der Waals surface area (Å²) in [5.41, 5.74) is 0.655. The van der Waals surface area contributed by atoms with Crippen LogP contribution in [0.5, 0.6) is 0 Å². The van der Waals surface area contributed by atoms with Gasteiger partial charge in [-0.05, 0) is 91.3 Å². The minimum atomic E-state index is -0.126. The van der Waals surface area contributed by atoms with Crippen molar-refractivity contribution in [2.24, 2.45) is 39.9 Å². The van der Waals surface area contributed by atoms with Gasteiger partial charge >= 0.3 is 0 Å². The van der Waals surface area contributed by atoms with E-state index < -0.39 is 0 Å². The maximum Gasteiger partial charge on any atom is 0.0596 e. The molecule has 0 aromatic carbocycles. The van der Waals surface area contributed by atoms with Gasteiger partial charge < -0.3 is 10.2 Å². The molecule has 0 aromatic heterocycles. The van der Waals surface area contributed by atoms with E-state index in [0.717, 1.165) is 30.6 Å². The Morgan fingerprint density at radius 3 is 2.04 bits per heavy atom. The third-order valence-corrected chi connectivity index (χ3v) is 9.53. The SMILES string of the molecule is CC1(C)C(O)CC[C@@]2(C)C1CC[C@@H]1[C@H]2CC[C@]2(C)C(O)CC[C@@H]12. The van der Waals surface area contributed by atoms with Crippen molar-refractivity contribution in [3.8, 4) is 0 Å². The lowest BCUT2D eigenvalue weighted by Gasteiger charge is -2.64. The lowest BCUT2D eigenvalue weighted by atomic mass is 9.41. The zero-order valence-corrected chi connectivity index (χ0v) is 15.5. The molecule has 0 saturated heterocycles. The Bertz CT molecular complexity index is 486. The quantitative estimate of drug-likeness (QED) is 0.695. The molecule has 23 heavy (non-hydrogen) atoms. The number of rotatable bonds is 0. The fraction of sp³-hybridized carbons (Fsp3) is 1.00. The van der Waals surface area contributed by atoms with Crippen LogP contribution in [0.15, 0.2) is 0 Å². The first-order valence-electron chi connectivity index (χ1n) is 10.1. The minimum absolute atomic E-state index is 0.0634. The van der Waals surface area contributed by atoms with E-state index in [-0.39, 0.29) is 23.0 Å². The molecule has 0 bridgehead atoms. The molecule has 0 heterocycles. The maximum absolute atomic E-state index is 10.6. The number of fused-ring (bicyclic) bond motifs is 5. The Morgan fingerprint density at radius 2 is 1.30 bits per heavy atom. The second kappa shape index (κ2) is 4.97. The summed E-state index contributed by atoms with van der Waals surface area (Å²) in [4.78, 5) is 0. The minimum Gasteiger partial charge on any atom is -0.393 e. The van der Waals surface area contributed by atoms with Gasteiger partial charge in [-0.2, -0.15) is 0 Å². The van der Waals surface area contributed by atoms with Crippen LogP contribution in [0.25, 0.3) is 0 Å². The van der Waals surface area contributed by atoms with Gasteiger partial charge in [0.25, 0.3) is 0 Å². The lowest BCUT2D eigenvalue weighted by Crippen LogP contribution is -2.59. The van der Waals surface area contributed by atoms with Crippen molar-refractivity contribution in [3.63, 3.8) is 0 Å². The first-order chi connectivity index (χ1) is 10.7. The van der Waals surface area contributed by atoms with E-state index in [4.69, 9.17) is 0 Å². The first-order valence-corrected chi connectivity index (χ1v) is 10.1. The predicted molar refractivity (Wildman–Crippen MR) is 92.9 cm³/mol. The molecule has 0 amide bonds. The van der Waals surface area contributed by atoms with Crippen molar-refractivity contribution in [1.82, 2.24) is 0 Å². The molecule has 132 valence electrons. The molecule has 8 atom stereocenters. The van der Waals surface area contributed by atoms with Crippen LogP contribution in [0.3, 0.4) is 0 Å². The standard InChI is InChI=1S/C21H36O2/c1-19(2)16-7-5-13-14-6-8-18(23)21(14,4)11-9-15(13)20(16,3)12-10-17(19)22/h13-18,22-23H,5-12H2,1-4H3/t13-,14-,15+,16?,17?,18?,20+,21-/m0/s1. The number of aliphatic hydroxyl groups is 2. The zero-order chi connectivity index (χ0) is 16.6. The van der Waals surface area contributed by atoms with Gasteiger partial charge in [0, 0.05) is 0 Å². The van der Waals surface area contributed by atoms with E-state index in [0.29, 0.717) is 11.3 Å². The van der Waals surface area contributed by atoms with E-state index >= 15 is 0 Å². The molecule has 4 aliphatic carbocycles. The first kappa shape index (κ1) is 16.4. The van der Waals surface area contributed by atoms with Crippen LogP contribution in [-0.4, -0.2) is 22.4 Å². The Balaban J connectivity index is 1.67. The number of hydrogen-bond acceptors (Lipinski definition) is 2. The average Bonchev–Trinajstić information content (AvgIpc) is 2.79. The number of hydrogen-bond donors (Lipinski definition) is 2. The largest absolute Gasteiger partial charge is 0.393 e. The van der Waals surface area contributed by atoms with Gasteiger partial charge in [0.1, 0.15) is 0 Å². The van der Waals surface area contributed by atoms with Gasteiger partial charge in [-0.15, -0.1) is 0 Å². The van der Waals surface area contributed by atoms with Crippen LogP contribution >= 0.6 is 0 Å². The third kappa shape index (κ3) is 2.00. The summed E-state index contributed by atoms with van der Waals surface area (Å²) in [6.07, 6.45) is 9.38. The number of aliphatic hydroxyl groups excluding tert-OH is 2. The molecule has 0 spiro atoms. The maximum atomic E-state index is 10.6. The van der Waals surface area contributed by atoms with E-state index in [9.17, 15) is 10.2 Å². The Labute approximate surface area is 142 Å². The molecule has 4 fully saturated rings. The lowest BCUT2D eigenvalue weighted by molar-refractivity contribution is -0.180. The van der Waals surface area contributed by atoms with Gasteiger partial charge in [0.15, 0.2) is 0 Å². The van der Waals surface area contributed by atoms with Crippen LogP contribution in [0.1, 0.15) is 79.1 Å². The highest BCUT2D eigenvalue weighted by Crippen LogP contribution is 2.68. The highest BCUT2D eigenvalue weighted by atomic mass is 16.3. The molecule has 0 radical (unpaired) electrons. The molecule has 3 unspecified atom stereocenters. The summed E-state index contributed by atoms with van der Waals surface area (Å²) in [6, 6.07) is 0. The summed E-state index contributed by atoms with van der Waals surface area (Å²) >= 11 is 0. The van der Waals surface area contributed by atoms with E-state index in [1.54, 1.807) is 0 Å². The predicted octanol–water partition coefficient (Wildman–Crippen LogP) is 4.39. The third-order valence-electron chi connectivity index (χ3n) is 9.53. The zero-order valence-electron chi connectivity index (χ0n) is 15.5. The molecule has 0 aromatic rings. The normalized spacial score (nSPS) is 58.2. The summed E-state index contributed by atoms with van der Waals surface area (Å²) in [6.45, 7) is 9.55. The smallest absolute Gasteiger partial charge is 0.0596 e. The molecule has 0 aliphatic heterocycles. The van der Waals surface area contributed by atoms with Crippen molar-refractivity contribution in [1.29, 1.82) is 0 Å². The van der Waals surface area contributed by atoms with Crippen LogP contribution in [-0.2, 0) is 0 Å². The van der Waals surface area contributed by atoms with Crippen LogP contribution in [0.4, 0.5) is 0 Å². The Morgan fingerprint density at radius 1 is 0.652 bits per heavy atom. The highest BCUT2D eigenvalue weighted by molar-refractivity contribution is 5.12. The van der Waals surface area contributed by atoms with Gasteiger partial charge in [0.05, 0.1) is 12.2 Å². The molecule has 4 saturated carbocycles. The Hall–Kier alpha value is -0.0800. The molecule has 2 nitrogen and oxygen atoms in total. The van der Waals surface area contributed by atoms with Crippen molar-refractivity contribution in [2.75, 3.05) is 0 Å². The van der Waals surface area contributed by atoms with Gasteiger partial charge in [-0.25, -0.2) is 0 Å². The van der Waals surface area contributed by atoms with Crippen molar-refractivity contribution < 1.29 is 10.2 Å². The second-order valence-corrected chi connectivity index (χ2v) is 10.5. The highest BCUT2D eigenvalue weighted by Gasteiger charge is 2.62. The average molecular weight is 321 g/mol. The topological polar surface area (TPSA) is 40.5 Å². The molecule has 4 rings (SSSR count). The summed E-state index contributed by atoms with van der Waals surface area (Å²) in [5, 5.41) is 21.1. The monoisotopic (exact) mass is 320 g/mol. The molecule has 2 heteroatoms. The summed E-state index contributed by atoms with van der Waals surface area (Å²) < 4.78 is 0. The molecular weight excluding hydrogens is 284 g/mol. The van der Waals surface area contributed by atoms with Gasteiger partial charge in [0.2, 0.25) is 0 Å². The molecular formula is C21H36O2. The van der Waals surface area contributed by atoms with Crippen LogP contribution < -0.4 is 0 Å². The van der Waals surface area contributed by atoms with E-state index in [1.165, 1.54) is 38.5 Å². The van der Waals surface area contributed by atoms with Crippen molar-refractivity contribution >= 4 is 0 Å². The van der Waals surface area contributed by atoms with Crippen molar-refractivity contribution in [3.05, 3.63) is 0 Å². The van der Waals surface area contributed by atoms with E-state index in [2.05, 4.69) is 27.7 Å². The van der Waals surface area contributed by atoms with Gasteiger partial charge in [-0.3, -0.25) is 0 Å². The van der Waals surface area contributed by atoms with Crippen LogP contribution in [0, 0.1) is 39.9 Å².